The molecule has 3 nitrogen and oxygen atoms in total. The molecule has 94 valence electrons. The van der Waals surface area contributed by atoms with Crippen molar-refractivity contribution in [3.63, 3.8) is 0 Å². The van der Waals surface area contributed by atoms with Gasteiger partial charge < -0.3 is 4.74 Å². The molecule has 3 N–H and O–H groups in total. The summed E-state index contributed by atoms with van der Waals surface area (Å²) in [7, 11) is 0. The number of rotatable bonds is 5. The molecule has 0 saturated carbocycles. The average Bonchev–Trinajstić information content (AvgIpc) is 2.41. The molecule has 0 aliphatic rings. The van der Waals surface area contributed by atoms with Crippen LogP contribution in [-0.4, -0.2) is 6.61 Å². The Hall–Kier alpha value is -1.55. The second-order valence-corrected chi connectivity index (χ2v) is 4.33. The predicted molar refractivity (Wildman–Crippen MR) is 73.5 cm³/mol. The molecule has 2 aromatic carbocycles. The molecule has 2 rings (SSSR count). The maximum atomic E-state index is 5.95. The van der Waals surface area contributed by atoms with E-state index in [-0.39, 0.29) is 6.04 Å². The fourth-order valence-electron chi connectivity index (χ4n) is 1.66. The van der Waals surface area contributed by atoms with Crippen LogP contribution >= 0.6 is 11.6 Å². The van der Waals surface area contributed by atoms with Crippen LogP contribution in [0.2, 0.25) is 5.02 Å². The average molecular weight is 263 g/mol. The Morgan fingerprint density at radius 2 is 1.89 bits per heavy atom. The van der Waals surface area contributed by atoms with Crippen molar-refractivity contribution < 1.29 is 4.74 Å². The Morgan fingerprint density at radius 1 is 1.11 bits per heavy atom. The number of ether oxygens (including phenoxy) is 1. The molecular formula is C14H15ClN2O. The van der Waals surface area contributed by atoms with Crippen molar-refractivity contribution in [1.29, 1.82) is 0 Å². The summed E-state index contributed by atoms with van der Waals surface area (Å²) < 4.78 is 5.67. The summed E-state index contributed by atoms with van der Waals surface area (Å²) >= 11 is 5.95. The van der Waals surface area contributed by atoms with Gasteiger partial charge in [0.05, 0.1) is 6.04 Å². The lowest BCUT2D eigenvalue weighted by atomic mass is 10.1. The van der Waals surface area contributed by atoms with Gasteiger partial charge in [0.2, 0.25) is 0 Å². The fraction of sp³-hybridized carbons (Fsp3) is 0.143. The Balaban J connectivity index is 2.02. The van der Waals surface area contributed by atoms with Crippen molar-refractivity contribution in [2.45, 2.75) is 6.04 Å². The molecule has 0 fully saturated rings. The van der Waals surface area contributed by atoms with Gasteiger partial charge in [-0.2, -0.15) is 0 Å². The zero-order chi connectivity index (χ0) is 12.8. The number of nitrogens with two attached hydrogens (primary N) is 1. The molecule has 0 aliphatic heterocycles. The minimum atomic E-state index is -0.0936. The minimum Gasteiger partial charge on any atom is -0.492 e. The van der Waals surface area contributed by atoms with E-state index in [4.69, 9.17) is 22.2 Å². The van der Waals surface area contributed by atoms with Crippen LogP contribution in [0.4, 0.5) is 0 Å². The van der Waals surface area contributed by atoms with Gasteiger partial charge in [-0.15, -0.1) is 0 Å². The van der Waals surface area contributed by atoms with Crippen molar-refractivity contribution >= 4 is 11.6 Å². The number of halogens is 1. The van der Waals surface area contributed by atoms with Gasteiger partial charge in [0.15, 0.2) is 0 Å². The predicted octanol–water partition coefficient (Wildman–Crippen LogP) is 2.92. The molecule has 2 aromatic rings. The van der Waals surface area contributed by atoms with Gasteiger partial charge >= 0.3 is 0 Å². The van der Waals surface area contributed by atoms with E-state index in [1.165, 1.54) is 0 Å². The van der Waals surface area contributed by atoms with E-state index in [0.29, 0.717) is 11.6 Å². The number of benzene rings is 2. The van der Waals surface area contributed by atoms with E-state index in [9.17, 15) is 0 Å². The molecule has 18 heavy (non-hydrogen) atoms. The van der Waals surface area contributed by atoms with Crippen LogP contribution in [0.3, 0.4) is 0 Å². The first-order valence-corrected chi connectivity index (χ1v) is 6.07. The molecule has 0 bridgehead atoms. The monoisotopic (exact) mass is 262 g/mol. The molecular weight excluding hydrogens is 248 g/mol. The standard InChI is InChI=1S/C14H15ClN2O/c15-12-6-4-5-11(9-12)14(17-16)10-18-13-7-2-1-3-8-13/h1-9,14,17H,10,16H2. The minimum absolute atomic E-state index is 0.0936. The van der Waals surface area contributed by atoms with Gasteiger partial charge in [-0.1, -0.05) is 41.9 Å². The van der Waals surface area contributed by atoms with Crippen LogP contribution in [0.5, 0.6) is 5.75 Å². The molecule has 0 spiro atoms. The van der Waals surface area contributed by atoms with Crippen molar-refractivity contribution in [2.24, 2.45) is 5.84 Å². The zero-order valence-corrected chi connectivity index (χ0v) is 10.6. The van der Waals surface area contributed by atoms with Crippen molar-refractivity contribution in [3.8, 4) is 5.75 Å². The van der Waals surface area contributed by atoms with Crippen molar-refractivity contribution in [2.75, 3.05) is 6.61 Å². The largest absolute Gasteiger partial charge is 0.492 e. The summed E-state index contributed by atoms with van der Waals surface area (Å²) in [5.74, 6) is 6.37. The highest BCUT2D eigenvalue weighted by Crippen LogP contribution is 2.18. The lowest BCUT2D eigenvalue weighted by Crippen LogP contribution is -2.32. The lowest BCUT2D eigenvalue weighted by molar-refractivity contribution is 0.267. The van der Waals surface area contributed by atoms with Gasteiger partial charge in [-0.05, 0) is 29.8 Å². The summed E-state index contributed by atoms with van der Waals surface area (Å²) in [6.07, 6.45) is 0. The normalized spacial score (nSPS) is 12.1. The number of para-hydroxylation sites is 1. The van der Waals surface area contributed by atoms with Crippen LogP contribution in [0.15, 0.2) is 54.6 Å². The van der Waals surface area contributed by atoms with E-state index >= 15 is 0 Å². The Bertz CT molecular complexity index is 490. The molecule has 1 unspecified atom stereocenters. The van der Waals surface area contributed by atoms with Gasteiger partial charge in [-0.3, -0.25) is 5.84 Å². The molecule has 0 aromatic heterocycles. The molecule has 0 saturated heterocycles. The Morgan fingerprint density at radius 3 is 2.56 bits per heavy atom. The molecule has 0 aliphatic carbocycles. The maximum Gasteiger partial charge on any atom is 0.119 e. The van der Waals surface area contributed by atoms with Crippen molar-refractivity contribution in [3.05, 3.63) is 65.2 Å². The Labute approximate surface area is 111 Å². The smallest absolute Gasteiger partial charge is 0.119 e. The van der Waals surface area contributed by atoms with Crippen LogP contribution < -0.4 is 16.0 Å². The van der Waals surface area contributed by atoms with Gasteiger partial charge in [0.1, 0.15) is 12.4 Å². The van der Waals surface area contributed by atoms with Crippen LogP contribution in [0.1, 0.15) is 11.6 Å². The first-order valence-electron chi connectivity index (χ1n) is 5.69. The second-order valence-electron chi connectivity index (χ2n) is 3.90. The van der Waals surface area contributed by atoms with E-state index in [1.807, 2.05) is 54.6 Å². The van der Waals surface area contributed by atoms with Gasteiger partial charge in [-0.25, -0.2) is 5.43 Å². The van der Waals surface area contributed by atoms with E-state index < -0.39 is 0 Å². The summed E-state index contributed by atoms with van der Waals surface area (Å²) in [6, 6.07) is 17.1. The second kappa shape index (κ2) is 6.40. The van der Waals surface area contributed by atoms with Crippen LogP contribution in [0, 0.1) is 0 Å². The van der Waals surface area contributed by atoms with Gasteiger partial charge in [0, 0.05) is 5.02 Å². The topological polar surface area (TPSA) is 47.3 Å². The van der Waals surface area contributed by atoms with E-state index in [0.717, 1.165) is 11.3 Å². The molecule has 0 radical (unpaired) electrons. The number of hydrazine groups is 1. The highest BCUT2D eigenvalue weighted by atomic mass is 35.5. The third-order valence-corrected chi connectivity index (χ3v) is 2.85. The van der Waals surface area contributed by atoms with E-state index in [2.05, 4.69) is 5.43 Å². The van der Waals surface area contributed by atoms with E-state index in [1.54, 1.807) is 0 Å². The van der Waals surface area contributed by atoms with Crippen LogP contribution in [-0.2, 0) is 0 Å². The summed E-state index contributed by atoms with van der Waals surface area (Å²) in [6.45, 7) is 0.445. The van der Waals surface area contributed by atoms with Gasteiger partial charge in [0.25, 0.3) is 0 Å². The number of nitrogens with one attached hydrogen (secondary N) is 1. The zero-order valence-electron chi connectivity index (χ0n) is 9.84. The number of hydrogen-bond donors (Lipinski definition) is 2. The maximum absolute atomic E-state index is 5.95. The molecule has 0 amide bonds. The molecule has 4 heteroatoms. The van der Waals surface area contributed by atoms with Crippen molar-refractivity contribution in [1.82, 2.24) is 5.43 Å². The third-order valence-electron chi connectivity index (χ3n) is 2.61. The lowest BCUT2D eigenvalue weighted by Gasteiger charge is -2.17. The molecule has 0 heterocycles. The SMILES string of the molecule is NNC(COc1ccccc1)c1cccc(Cl)c1. The summed E-state index contributed by atoms with van der Waals surface area (Å²) in [4.78, 5) is 0. The fourth-order valence-corrected chi connectivity index (χ4v) is 1.86. The third kappa shape index (κ3) is 3.47. The quantitative estimate of drug-likeness (QED) is 0.643. The Kier molecular flexibility index (Phi) is 4.59. The summed E-state index contributed by atoms with van der Waals surface area (Å²) in [5, 5.41) is 0.687. The highest BCUT2D eigenvalue weighted by Gasteiger charge is 2.10. The molecule has 1 atom stereocenters. The number of hydrogen-bond acceptors (Lipinski definition) is 3. The first kappa shape index (κ1) is 12.9. The first-order chi connectivity index (χ1) is 8.79. The van der Waals surface area contributed by atoms with Crippen LogP contribution in [0.25, 0.3) is 0 Å². The highest BCUT2D eigenvalue weighted by molar-refractivity contribution is 6.30. The summed E-state index contributed by atoms with van der Waals surface area (Å²) in [5.41, 5.74) is 3.73.